The second kappa shape index (κ2) is 4.24. The summed E-state index contributed by atoms with van der Waals surface area (Å²) in [6.07, 6.45) is -3.69. The molecule has 0 saturated carbocycles. The third kappa shape index (κ3) is 2.33. The third-order valence-corrected chi connectivity index (χ3v) is 1.86. The van der Waals surface area contributed by atoms with Crippen LogP contribution in [0.2, 0.25) is 0 Å². The van der Waals surface area contributed by atoms with Gasteiger partial charge in [0.05, 0.1) is 18.5 Å². The maximum Gasteiger partial charge on any atom is 0.0920 e. The van der Waals surface area contributed by atoms with Crippen LogP contribution >= 0.6 is 15.9 Å². The minimum absolute atomic E-state index is 0.380. The van der Waals surface area contributed by atoms with Crippen LogP contribution in [0.25, 0.3) is 0 Å². The van der Waals surface area contributed by atoms with Gasteiger partial charge in [-0.05, 0) is 17.7 Å². The van der Waals surface area contributed by atoms with Crippen molar-refractivity contribution in [2.75, 3.05) is 0 Å². The molecule has 0 aliphatic carbocycles. The number of nitriles is 1. The van der Waals surface area contributed by atoms with Gasteiger partial charge in [-0.1, -0.05) is 28.1 Å². The molecule has 1 aromatic rings. The molecule has 0 amide bonds. The fourth-order valence-electron chi connectivity index (χ4n) is 0.821. The molecule has 0 saturated heterocycles. The lowest BCUT2D eigenvalue weighted by Gasteiger charge is -2.05. The van der Waals surface area contributed by atoms with E-state index >= 15 is 0 Å². The molecule has 0 aliphatic rings. The highest BCUT2D eigenvalue weighted by molar-refractivity contribution is 9.10. The van der Waals surface area contributed by atoms with Gasteiger partial charge < -0.3 is 5.11 Å². The quantitative estimate of drug-likeness (QED) is 0.844. The summed E-state index contributed by atoms with van der Waals surface area (Å²) in [5.41, 5.74) is 0.380. The van der Waals surface area contributed by atoms with Gasteiger partial charge in [-0.25, -0.2) is 0 Å². The van der Waals surface area contributed by atoms with Crippen LogP contribution in [0.5, 0.6) is 0 Å². The fraction of sp³-hybridized carbons (Fsp3) is 0.222. The van der Waals surface area contributed by atoms with E-state index in [2.05, 4.69) is 15.9 Å². The highest BCUT2D eigenvalue weighted by Gasteiger charge is 2.05. The second-order valence-corrected chi connectivity index (χ2v) is 3.13. The van der Waals surface area contributed by atoms with Crippen molar-refractivity contribution < 1.29 is 7.85 Å². The molecule has 1 atom stereocenters. The molecule has 0 bridgehead atoms. The number of aliphatic hydroxyl groups excluding tert-OH is 1. The summed E-state index contributed by atoms with van der Waals surface area (Å²) in [5, 5.41) is 18.1. The average Bonchev–Trinajstić information content (AvgIpc) is 2.16. The summed E-state index contributed by atoms with van der Waals surface area (Å²) in [6, 6.07) is 8.02. The maximum atomic E-state index is 9.55. The van der Waals surface area contributed by atoms with Gasteiger partial charge in [0.25, 0.3) is 0 Å². The van der Waals surface area contributed by atoms with E-state index in [1.165, 1.54) is 6.07 Å². The van der Waals surface area contributed by atoms with Crippen LogP contribution in [0, 0.1) is 11.3 Å². The van der Waals surface area contributed by atoms with Crippen molar-refractivity contribution in [3.05, 3.63) is 34.3 Å². The van der Waals surface area contributed by atoms with E-state index in [1.807, 2.05) is 0 Å². The lowest BCUT2D eigenvalue weighted by Crippen LogP contribution is -1.94. The van der Waals surface area contributed by atoms with Crippen LogP contribution in [-0.4, -0.2) is 5.11 Å². The van der Waals surface area contributed by atoms with Crippen LogP contribution in [0.15, 0.2) is 28.7 Å². The molecule has 1 rings (SSSR count). The Hall–Kier alpha value is -0.850. The molecular formula is C9H8BrNO. The molecule has 1 N–H and O–H groups in total. The van der Waals surface area contributed by atoms with Crippen LogP contribution in [0.3, 0.4) is 0 Å². The molecule has 62 valence electrons. The van der Waals surface area contributed by atoms with Crippen molar-refractivity contribution in [3.8, 4) is 6.07 Å². The van der Waals surface area contributed by atoms with E-state index in [4.69, 9.17) is 8.00 Å². The minimum Gasteiger partial charge on any atom is -0.387 e. The number of nitrogens with zero attached hydrogens (tertiary/aromatic N) is 1. The van der Waals surface area contributed by atoms with Gasteiger partial charge in [0, 0.05) is 7.21 Å². The van der Waals surface area contributed by atoms with Crippen molar-refractivity contribution in [1.29, 1.82) is 5.26 Å². The first-order valence-corrected chi connectivity index (χ1v) is 4.11. The summed E-state index contributed by atoms with van der Waals surface area (Å²) in [4.78, 5) is 0. The van der Waals surface area contributed by atoms with E-state index < -0.39 is 12.5 Å². The third-order valence-electron chi connectivity index (χ3n) is 1.37. The van der Waals surface area contributed by atoms with Crippen molar-refractivity contribution in [2.24, 2.45) is 0 Å². The van der Waals surface area contributed by atoms with E-state index in [1.54, 1.807) is 24.3 Å². The normalized spacial score (nSPS) is 15.8. The highest BCUT2D eigenvalue weighted by atomic mass is 79.9. The number of hydrogen-bond acceptors (Lipinski definition) is 2. The summed E-state index contributed by atoms with van der Waals surface area (Å²) < 4.78 is 15.2. The van der Waals surface area contributed by atoms with E-state index in [0.29, 0.717) is 5.56 Å². The first-order chi connectivity index (χ1) is 6.47. The van der Waals surface area contributed by atoms with Crippen LogP contribution in [0.4, 0.5) is 0 Å². The minimum atomic E-state index is -2.26. The largest absolute Gasteiger partial charge is 0.387 e. The smallest absolute Gasteiger partial charge is 0.0920 e. The molecule has 0 radical (unpaired) electrons. The van der Waals surface area contributed by atoms with Gasteiger partial charge in [-0.3, -0.25) is 0 Å². The standard InChI is InChI=1S/C9H8BrNO/c10-8-3-1-2-7(6-8)9(12)4-5-11/h1-3,6,9,12H,4H2/i4D2. The Morgan fingerprint density at radius 2 is 2.50 bits per heavy atom. The van der Waals surface area contributed by atoms with Gasteiger partial charge in [0.15, 0.2) is 0 Å². The van der Waals surface area contributed by atoms with Crippen molar-refractivity contribution in [1.82, 2.24) is 0 Å². The van der Waals surface area contributed by atoms with Crippen molar-refractivity contribution in [3.63, 3.8) is 0 Å². The zero-order chi connectivity index (χ0) is 10.8. The lowest BCUT2D eigenvalue weighted by molar-refractivity contribution is 0.183. The second-order valence-electron chi connectivity index (χ2n) is 2.21. The Balaban J connectivity index is 3.02. The number of rotatable bonds is 2. The van der Waals surface area contributed by atoms with Gasteiger partial charge in [0.1, 0.15) is 0 Å². The molecule has 0 aliphatic heterocycles. The fourth-order valence-corrected chi connectivity index (χ4v) is 1.24. The predicted octanol–water partition coefficient (Wildman–Crippen LogP) is 2.40. The molecule has 1 unspecified atom stereocenters. The summed E-state index contributed by atoms with van der Waals surface area (Å²) in [7, 11) is 0. The average molecular weight is 228 g/mol. The van der Waals surface area contributed by atoms with Gasteiger partial charge in [0.2, 0.25) is 0 Å². The Morgan fingerprint density at radius 1 is 1.75 bits per heavy atom. The Labute approximate surface area is 82.4 Å². The topological polar surface area (TPSA) is 44.0 Å². The number of hydrogen-bond donors (Lipinski definition) is 1. The van der Waals surface area contributed by atoms with E-state index in [0.717, 1.165) is 4.47 Å². The molecule has 2 nitrogen and oxygen atoms in total. The van der Waals surface area contributed by atoms with E-state index in [9.17, 15) is 5.11 Å². The number of benzene rings is 1. The van der Waals surface area contributed by atoms with E-state index in [-0.39, 0.29) is 0 Å². The number of aliphatic hydroxyl groups is 1. The van der Waals surface area contributed by atoms with Crippen LogP contribution in [0.1, 0.15) is 20.8 Å². The Bertz CT molecular complexity index is 375. The molecule has 3 heteroatoms. The highest BCUT2D eigenvalue weighted by Crippen LogP contribution is 2.19. The van der Waals surface area contributed by atoms with Crippen molar-refractivity contribution in [2.45, 2.75) is 12.5 Å². The van der Waals surface area contributed by atoms with Gasteiger partial charge in [-0.15, -0.1) is 0 Å². The molecule has 0 aromatic heterocycles. The molecule has 1 aromatic carbocycles. The summed E-state index contributed by atoms with van der Waals surface area (Å²) in [5.74, 6) is 0. The van der Waals surface area contributed by atoms with Crippen molar-refractivity contribution >= 4 is 15.9 Å². The zero-order valence-corrected chi connectivity index (χ0v) is 7.75. The monoisotopic (exact) mass is 227 g/mol. The Kier molecular flexibility index (Phi) is 2.35. The molecule has 0 heterocycles. The molecule has 0 fully saturated rings. The first-order valence-electron chi connectivity index (χ1n) is 4.32. The van der Waals surface area contributed by atoms with Gasteiger partial charge in [-0.2, -0.15) is 5.26 Å². The van der Waals surface area contributed by atoms with Gasteiger partial charge >= 0.3 is 0 Å². The first kappa shape index (κ1) is 6.64. The van der Waals surface area contributed by atoms with Crippen LogP contribution in [-0.2, 0) is 0 Å². The predicted molar refractivity (Wildman–Crippen MR) is 49.3 cm³/mol. The lowest BCUT2D eigenvalue weighted by atomic mass is 10.1. The Morgan fingerprint density at radius 3 is 3.08 bits per heavy atom. The SMILES string of the molecule is [2H]C([2H])(C#N)C(O)c1cccc(Br)c1. The zero-order valence-electron chi connectivity index (χ0n) is 8.16. The molecule has 0 spiro atoms. The maximum absolute atomic E-state index is 9.55. The number of halogens is 1. The summed E-state index contributed by atoms with van der Waals surface area (Å²) >= 11 is 3.20. The summed E-state index contributed by atoms with van der Waals surface area (Å²) in [6.45, 7) is 0. The molecular weight excluding hydrogens is 218 g/mol. The van der Waals surface area contributed by atoms with Crippen LogP contribution < -0.4 is 0 Å². The molecule has 12 heavy (non-hydrogen) atoms.